The Morgan fingerprint density at radius 1 is 1.33 bits per heavy atom. The van der Waals surface area contributed by atoms with E-state index < -0.39 is 0 Å². The molecule has 92 valence electrons. The van der Waals surface area contributed by atoms with E-state index in [1.54, 1.807) is 29.2 Å². The first-order valence-corrected chi connectivity index (χ1v) is 5.49. The molecule has 0 spiro atoms. The van der Waals surface area contributed by atoms with E-state index in [1.807, 2.05) is 6.92 Å². The molecule has 0 aliphatic rings. The van der Waals surface area contributed by atoms with Crippen LogP contribution in [0.3, 0.4) is 0 Å². The molecule has 2 aromatic heterocycles. The van der Waals surface area contributed by atoms with E-state index in [0.717, 1.165) is 6.54 Å². The highest BCUT2D eigenvalue weighted by Gasteiger charge is 2.12. The van der Waals surface area contributed by atoms with Gasteiger partial charge < -0.3 is 10.5 Å². The Labute approximate surface area is 102 Å². The summed E-state index contributed by atoms with van der Waals surface area (Å²) < 4.78 is 12.1. The predicted molar refractivity (Wildman–Crippen MR) is 64.2 cm³/mol. The fourth-order valence-electron chi connectivity index (χ4n) is 1.64. The topological polar surface area (TPSA) is 92.0 Å². The molecule has 0 amide bonds. The minimum atomic E-state index is 0.496. The molecule has 3 aromatic rings. The Morgan fingerprint density at radius 2 is 2.17 bits per heavy atom. The molecule has 0 saturated carbocycles. The van der Waals surface area contributed by atoms with E-state index in [-0.39, 0.29) is 0 Å². The number of aromatic nitrogens is 4. The van der Waals surface area contributed by atoms with E-state index in [4.69, 9.17) is 10.5 Å². The number of nitrogen functional groups attached to an aromatic ring is 1. The summed E-state index contributed by atoms with van der Waals surface area (Å²) in [6.45, 7) is 2.78. The average molecular weight is 245 g/mol. The lowest BCUT2D eigenvalue weighted by atomic mass is 10.2. The van der Waals surface area contributed by atoms with Crippen molar-refractivity contribution in [3.63, 3.8) is 0 Å². The SMILES string of the molecule is CCn1cc(Oc2ccc(N)c3nonc23)cn1. The van der Waals surface area contributed by atoms with Gasteiger partial charge in [0, 0.05) is 6.54 Å². The fraction of sp³-hybridized carbons (Fsp3) is 0.182. The van der Waals surface area contributed by atoms with Crippen LogP contribution in [-0.2, 0) is 6.54 Å². The molecule has 0 fully saturated rings. The van der Waals surface area contributed by atoms with Gasteiger partial charge in [0.2, 0.25) is 0 Å². The maximum absolute atomic E-state index is 5.75. The molecule has 0 unspecified atom stereocenters. The first kappa shape index (κ1) is 10.6. The third kappa shape index (κ3) is 1.65. The Morgan fingerprint density at radius 3 is 2.94 bits per heavy atom. The smallest absolute Gasteiger partial charge is 0.179 e. The lowest BCUT2D eigenvalue weighted by Gasteiger charge is -2.03. The molecule has 7 heteroatoms. The van der Waals surface area contributed by atoms with Gasteiger partial charge in [-0.1, -0.05) is 0 Å². The summed E-state index contributed by atoms with van der Waals surface area (Å²) in [6.07, 6.45) is 3.44. The van der Waals surface area contributed by atoms with Crippen LogP contribution in [-0.4, -0.2) is 20.1 Å². The standard InChI is InChI=1S/C11H11N5O2/c1-2-16-6-7(5-13-16)17-9-4-3-8(12)10-11(9)15-18-14-10/h3-6H,2,12H2,1H3. The minimum absolute atomic E-state index is 0.496. The van der Waals surface area contributed by atoms with Crippen LogP contribution in [0.2, 0.25) is 0 Å². The third-order valence-corrected chi connectivity index (χ3v) is 2.57. The van der Waals surface area contributed by atoms with E-state index in [1.165, 1.54) is 0 Å². The number of benzene rings is 1. The second-order valence-corrected chi connectivity index (χ2v) is 3.75. The molecule has 18 heavy (non-hydrogen) atoms. The zero-order valence-electron chi connectivity index (χ0n) is 9.70. The predicted octanol–water partition coefficient (Wildman–Crippen LogP) is 1.81. The van der Waals surface area contributed by atoms with Gasteiger partial charge >= 0.3 is 0 Å². The summed E-state index contributed by atoms with van der Waals surface area (Å²) in [7, 11) is 0. The molecule has 0 radical (unpaired) electrons. The number of nitrogens with two attached hydrogens (primary N) is 1. The molecular formula is C11H11N5O2. The van der Waals surface area contributed by atoms with Crippen LogP contribution in [0.1, 0.15) is 6.92 Å². The minimum Gasteiger partial charge on any atom is -0.452 e. The quantitative estimate of drug-likeness (QED) is 0.707. The van der Waals surface area contributed by atoms with Crippen molar-refractivity contribution in [3.05, 3.63) is 24.5 Å². The maximum atomic E-state index is 5.75. The lowest BCUT2D eigenvalue weighted by molar-refractivity contribution is 0.314. The Hall–Kier alpha value is -2.57. The first-order valence-electron chi connectivity index (χ1n) is 5.49. The fourth-order valence-corrected chi connectivity index (χ4v) is 1.64. The highest BCUT2D eigenvalue weighted by atomic mass is 16.6. The van der Waals surface area contributed by atoms with Gasteiger partial charge in [-0.3, -0.25) is 4.68 Å². The molecule has 0 aliphatic heterocycles. The van der Waals surface area contributed by atoms with Crippen molar-refractivity contribution in [3.8, 4) is 11.5 Å². The maximum Gasteiger partial charge on any atom is 0.179 e. The van der Waals surface area contributed by atoms with Crippen molar-refractivity contribution in [2.24, 2.45) is 0 Å². The molecule has 0 bridgehead atoms. The summed E-state index contributed by atoms with van der Waals surface area (Å²) in [5.74, 6) is 1.17. The number of rotatable bonds is 3. The van der Waals surface area contributed by atoms with Crippen molar-refractivity contribution in [2.75, 3.05) is 5.73 Å². The number of fused-ring (bicyclic) bond motifs is 1. The molecule has 3 rings (SSSR count). The van der Waals surface area contributed by atoms with Crippen LogP contribution in [0.15, 0.2) is 29.2 Å². The van der Waals surface area contributed by atoms with Gasteiger partial charge in [-0.25, -0.2) is 4.63 Å². The highest BCUT2D eigenvalue weighted by molar-refractivity contribution is 5.90. The summed E-state index contributed by atoms with van der Waals surface area (Å²) in [6, 6.07) is 3.43. The highest BCUT2D eigenvalue weighted by Crippen LogP contribution is 2.30. The molecule has 7 nitrogen and oxygen atoms in total. The van der Waals surface area contributed by atoms with Crippen LogP contribution in [0.25, 0.3) is 11.0 Å². The van der Waals surface area contributed by atoms with Crippen LogP contribution >= 0.6 is 0 Å². The van der Waals surface area contributed by atoms with Crippen molar-refractivity contribution < 1.29 is 9.37 Å². The van der Waals surface area contributed by atoms with E-state index in [2.05, 4.69) is 20.0 Å². The van der Waals surface area contributed by atoms with Gasteiger partial charge in [0.05, 0.1) is 18.1 Å². The molecule has 0 atom stereocenters. The van der Waals surface area contributed by atoms with Crippen LogP contribution in [0.5, 0.6) is 11.5 Å². The van der Waals surface area contributed by atoms with E-state index >= 15 is 0 Å². The Bertz CT molecular complexity index is 688. The molecule has 2 heterocycles. The summed E-state index contributed by atoms with van der Waals surface area (Å²) in [5.41, 5.74) is 7.25. The first-order chi connectivity index (χ1) is 8.78. The van der Waals surface area contributed by atoms with E-state index in [0.29, 0.717) is 28.2 Å². The van der Waals surface area contributed by atoms with Gasteiger partial charge in [-0.15, -0.1) is 0 Å². The Kier molecular flexibility index (Phi) is 2.36. The normalized spacial score (nSPS) is 10.9. The zero-order chi connectivity index (χ0) is 12.5. The summed E-state index contributed by atoms with van der Waals surface area (Å²) in [5, 5.41) is 11.6. The number of anilines is 1. The second kappa shape index (κ2) is 4.02. The zero-order valence-corrected chi connectivity index (χ0v) is 9.70. The number of hydrogen-bond acceptors (Lipinski definition) is 6. The lowest BCUT2D eigenvalue weighted by Crippen LogP contribution is -1.92. The van der Waals surface area contributed by atoms with Crippen molar-refractivity contribution in [1.82, 2.24) is 20.1 Å². The van der Waals surface area contributed by atoms with Gasteiger partial charge in [0.25, 0.3) is 0 Å². The van der Waals surface area contributed by atoms with Crippen molar-refractivity contribution in [2.45, 2.75) is 13.5 Å². The van der Waals surface area contributed by atoms with Gasteiger partial charge in [0.15, 0.2) is 22.5 Å². The average Bonchev–Trinajstić information content (AvgIpc) is 3.01. The molecular weight excluding hydrogens is 234 g/mol. The van der Waals surface area contributed by atoms with Crippen LogP contribution in [0, 0.1) is 0 Å². The molecule has 1 aromatic carbocycles. The number of nitrogens with zero attached hydrogens (tertiary/aromatic N) is 4. The van der Waals surface area contributed by atoms with Crippen LogP contribution < -0.4 is 10.5 Å². The summed E-state index contributed by atoms with van der Waals surface area (Å²) in [4.78, 5) is 0. The largest absolute Gasteiger partial charge is 0.452 e. The number of ether oxygens (including phenoxy) is 1. The molecule has 2 N–H and O–H groups in total. The monoisotopic (exact) mass is 245 g/mol. The Balaban J connectivity index is 1.99. The van der Waals surface area contributed by atoms with E-state index in [9.17, 15) is 0 Å². The van der Waals surface area contributed by atoms with Crippen molar-refractivity contribution >= 4 is 16.7 Å². The molecule has 0 saturated heterocycles. The van der Waals surface area contributed by atoms with Crippen LogP contribution in [0.4, 0.5) is 5.69 Å². The summed E-state index contributed by atoms with van der Waals surface area (Å²) >= 11 is 0. The molecule has 0 aliphatic carbocycles. The number of hydrogen-bond donors (Lipinski definition) is 1. The third-order valence-electron chi connectivity index (χ3n) is 2.57. The van der Waals surface area contributed by atoms with Gasteiger partial charge in [0.1, 0.15) is 0 Å². The number of aryl methyl sites for hydroxylation is 1. The van der Waals surface area contributed by atoms with Gasteiger partial charge in [-0.2, -0.15) is 5.10 Å². The second-order valence-electron chi connectivity index (χ2n) is 3.75. The van der Waals surface area contributed by atoms with Crippen molar-refractivity contribution in [1.29, 1.82) is 0 Å². The van der Waals surface area contributed by atoms with Gasteiger partial charge in [-0.05, 0) is 29.4 Å².